The van der Waals surface area contributed by atoms with E-state index in [0.717, 1.165) is 18.8 Å². The predicted molar refractivity (Wildman–Crippen MR) is 66.5 cm³/mol. The molecule has 0 aromatic heterocycles. The number of carbonyl (C=O) groups is 1. The third-order valence-corrected chi connectivity index (χ3v) is 4.26. The van der Waals surface area contributed by atoms with Crippen molar-refractivity contribution >= 4 is 11.7 Å². The Morgan fingerprint density at radius 1 is 1.06 bits per heavy atom. The highest BCUT2D eigenvalue weighted by Crippen LogP contribution is 2.53. The summed E-state index contributed by atoms with van der Waals surface area (Å²) in [7, 11) is 0. The zero-order chi connectivity index (χ0) is 11.9. The highest BCUT2D eigenvalue weighted by Gasteiger charge is 2.44. The van der Waals surface area contributed by atoms with Crippen molar-refractivity contribution in [2.24, 2.45) is 5.41 Å². The maximum Gasteiger partial charge on any atom is 0.335 e. The summed E-state index contributed by atoms with van der Waals surface area (Å²) in [4.78, 5) is 13.1. The fraction of sp³-hybridized carbons (Fsp3) is 0.500. The first-order valence-electron chi connectivity index (χ1n) is 6.27. The molecule has 1 spiro atoms. The van der Waals surface area contributed by atoms with Crippen LogP contribution in [0, 0.1) is 5.41 Å². The standard InChI is InChI=1S/C14H17NO2/c16-13(17)11-1-3-12(4-2-11)15-9-7-14(5-6-14)8-10-15/h1-4H,5-10H2,(H,16,17). The van der Waals surface area contributed by atoms with E-state index in [-0.39, 0.29) is 0 Å². The van der Waals surface area contributed by atoms with Gasteiger partial charge in [-0.3, -0.25) is 0 Å². The molecule has 3 nitrogen and oxygen atoms in total. The fourth-order valence-corrected chi connectivity index (χ4v) is 2.73. The van der Waals surface area contributed by atoms with E-state index in [4.69, 9.17) is 5.11 Å². The average Bonchev–Trinajstić information content (AvgIpc) is 3.10. The summed E-state index contributed by atoms with van der Waals surface area (Å²) in [5.41, 5.74) is 2.22. The van der Waals surface area contributed by atoms with E-state index in [2.05, 4.69) is 4.90 Å². The van der Waals surface area contributed by atoms with Gasteiger partial charge >= 0.3 is 5.97 Å². The second kappa shape index (κ2) is 3.76. The number of aromatic carboxylic acids is 1. The summed E-state index contributed by atoms with van der Waals surface area (Å²) >= 11 is 0. The molecule has 1 N–H and O–H groups in total. The van der Waals surface area contributed by atoms with Gasteiger partial charge in [0.25, 0.3) is 0 Å². The molecule has 2 aliphatic rings. The van der Waals surface area contributed by atoms with Crippen LogP contribution in [0.15, 0.2) is 24.3 Å². The van der Waals surface area contributed by atoms with Crippen LogP contribution in [0.3, 0.4) is 0 Å². The minimum Gasteiger partial charge on any atom is -0.478 e. The second-order valence-corrected chi connectivity index (χ2v) is 5.34. The zero-order valence-electron chi connectivity index (χ0n) is 9.85. The molecule has 2 fully saturated rings. The number of hydrogen-bond donors (Lipinski definition) is 1. The minimum atomic E-state index is -0.855. The van der Waals surface area contributed by atoms with Crippen molar-refractivity contribution in [3.8, 4) is 0 Å². The van der Waals surface area contributed by atoms with Gasteiger partial charge in [0.2, 0.25) is 0 Å². The molecule has 1 saturated carbocycles. The first-order chi connectivity index (χ1) is 8.19. The average molecular weight is 231 g/mol. The van der Waals surface area contributed by atoms with Gasteiger partial charge in [-0.15, -0.1) is 0 Å². The number of carboxylic acid groups (broad SMARTS) is 1. The first-order valence-corrected chi connectivity index (χ1v) is 6.27. The largest absolute Gasteiger partial charge is 0.478 e. The lowest BCUT2D eigenvalue weighted by molar-refractivity contribution is 0.0697. The second-order valence-electron chi connectivity index (χ2n) is 5.34. The Bertz CT molecular complexity index is 424. The summed E-state index contributed by atoms with van der Waals surface area (Å²) in [6.45, 7) is 2.23. The molecule has 0 bridgehead atoms. The van der Waals surface area contributed by atoms with Crippen LogP contribution in [0.5, 0.6) is 0 Å². The Kier molecular flexibility index (Phi) is 2.35. The maximum atomic E-state index is 10.8. The van der Waals surface area contributed by atoms with Gasteiger partial charge in [-0.05, 0) is 55.4 Å². The number of piperidine rings is 1. The van der Waals surface area contributed by atoms with Crippen molar-refractivity contribution in [3.63, 3.8) is 0 Å². The lowest BCUT2D eigenvalue weighted by Gasteiger charge is -2.33. The summed E-state index contributed by atoms with van der Waals surface area (Å²) < 4.78 is 0. The summed E-state index contributed by atoms with van der Waals surface area (Å²) in [5, 5.41) is 8.85. The molecule has 1 aromatic carbocycles. The van der Waals surface area contributed by atoms with Gasteiger partial charge in [0, 0.05) is 18.8 Å². The van der Waals surface area contributed by atoms with Crippen LogP contribution < -0.4 is 4.90 Å². The van der Waals surface area contributed by atoms with Gasteiger partial charge in [-0.25, -0.2) is 4.79 Å². The molecule has 3 heteroatoms. The SMILES string of the molecule is O=C(O)c1ccc(N2CCC3(CC2)CC3)cc1. The normalized spacial score (nSPS) is 21.5. The predicted octanol–water partition coefficient (Wildman–Crippen LogP) is 2.77. The molecule has 3 rings (SSSR count). The van der Waals surface area contributed by atoms with E-state index in [1.165, 1.54) is 25.7 Å². The molecule has 1 aliphatic carbocycles. The van der Waals surface area contributed by atoms with E-state index < -0.39 is 5.97 Å². The third-order valence-electron chi connectivity index (χ3n) is 4.26. The van der Waals surface area contributed by atoms with Gasteiger partial charge in [0.15, 0.2) is 0 Å². The number of anilines is 1. The Morgan fingerprint density at radius 2 is 1.65 bits per heavy atom. The van der Waals surface area contributed by atoms with Crippen LogP contribution in [0.4, 0.5) is 5.69 Å². The number of rotatable bonds is 2. The van der Waals surface area contributed by atoms with Crippen molar-refractivity contribution in [3.05, 3.63) is 29.8 Å². The lowest BCUT2D eigenvalue weighted by atomic mass is 9.93. The van der Waals surface area contributed by atoms with Crippen molar-refractivity contribution in [1.82, 2.24) is 0 Å². The van der Waals surface area contributed by atoms with Crippen molar-refractivity contribution < 1.29 is 9.90 Å². The van der Waals surface area contributed by atoms with Gasteiger partial charge in [0.05, 0.1) is 5.56 Å². The van der Waals surface area contributed by atoms with E-state index in [1.807, 2.05) is 12.1 Å². The summed E-state index contributed by atoms with van der Waals surface area (Å²) in [5.74, 6) is -0.855. The topological polar surface area (TPSA) is 40.5 Å². The van der Waals surface area contributed by atoms with E-state index in [0.29, 0.717) is 11.0 Å². The van der Waals surface area contributed by atoms with Crippen LogP contribution in [0.1, 0.15) is 36.0 Å². The smallest absolute Gasteiger partial charge is 0.335 e. The molecule has 0 unspecified atom stereocenters. The highest BCUT2D eigenvalue weighted by molar-refractivity contribution is 5.88. The van der Waals surface area contributed by atoms with Gasteiger partial charge in [-0.2, -0.15) is 0 Å². The maximum absolute atomic E-state index is 10.8. The molecular weight excluding hydrogens is 214 g/mol. The number of benzene rings is 1. The van der Waals surface area contributed by atoms with Crippen LogP contribution in [-0.2, 0) is 0 Å². The number of hydrogen-bond acceptors (Lipinski definition) is 2. The molecule has 0 amide bonds. The Labute approximate surface area is 101 Å². The van der Waals surface area contributed by atoms with Crippen LogP contribution in [0.25, 0.3) is 0 Å². The Morgan fingerprint density at radius 3 is 2.12 bits per heavy atom. The minimum absolute atomic E-state index is 0.365. The molecule has 1 aromatic rings. The van der Waals surface area contributed by atoms with Crippen LogP contribution in [-0.4, -0.2) is 24.2 Å². The van der Waals surface area contributed by atoms with Crippen LogP contribution >= 0.6 is 0 Å². The van der Waals surface area contributed by atoms with Crippen molar-refractivity contribution in [2.45, 2.75) is 25.7 Å². The summed E-state index contributed by atoms with van der Waals surface area (Å²) in [6.07, 6.45) is 5.43. The Balaban J connectivity index is 1.69. The fourth-order valence-electron chi connectivity index (χ4n) is 2.73. The highest BCUT2D eigenvalue weighted by atomic mass is 16.4. The van der Waals surface area contributed by atoms with Crippen molar-refractivity contribution in [2.75, 3.05) is 18.0 Å². The summed E-state index contributed by atoms with van der Waals surface area (Å²) in [6, 6.07) is 7.24. The molecule has 0 radical (unpaired) electrons. The Hall–Kier alpha value is -1.51. The number of carboxylic acids is 1. The third kappa shape index (κ3) is 2.02. The molecule has 1 heterocycles. The van der Waals surface area contributed by atoms with Crippen molar-refractivity contribution in [1.29, 1.82) is 0 Å². The van der Waals surface area contributed by atoms with E-state index in [9.17, 15) is 4.79 Å². The van der Waals surface area contributed by atoms with Gasteiger partial charge in [0.1, 0.15) is 0 Å². The van der Waals surface area contributed by atoms with Gasteiger partial charge < -0.3 is 10.0 Å². The first kappa shape index (κ1) is 10.6. The monoisotopic (exact) mass is 231 g/mol. The quantitative estimate of drug-likeness (QED) is 0.850. The number of nitrogens with zero attached hydrogens (tertiary/aromatic N) is 1. The molecule has 1 aliphatic heterocycles. The molecule has 90 valence electrons. The zero-order valence-corrected chi connectivity index (χ0v) is 9.85. The van der Waals surface area contributed by atoms with E-state index in [1.54, 1.807) is 12.1 Å². The van der Waals surface area contributed by atoms with Gasteiger partial charge in [-0.1, -0.05) is 0 Å². The lowest BCUT2D eigenvalue weighted by Crippen LogP contribution is -2.34. The molecule has 1 saturated heterocycles. The molecular formula is C14H17NO2. The molecule has 0 atom stereocenters. The van der Waals surface area contributed by atoms with Crippen LogP contribution in [0.2, 0.25) is 0 Å². The molecule has 17 heavy (non-hydrogen) atoms. The van der Waals surface area contributed by atoms with E-state index >= 15 is 0 Å².